The van der Waals surface area contributed by atoms with Crippen LogP contribution in [0.3, 0.4) is 0 Å². The summed E-state index contributed by atoms with van der Waals surface area (Å²) in [7, 11) is 1.59. The number of hydrogen-bond acceptors (Lipinski definition) is 4. The van der Waals surface area contributed by atoms with Crippen LogP contribution in [0.25, 0.3) is 0 Å². The summed E-state index contributed by atoms with van der Waals surface area (Å²) in [5, 5.41) is 9.87. The van der Waals surface area contributed by atoms with Crippen LogP contribution in [0.15, 0.2) is 12.1 Å². The smallest absolute Gasteiger partial charge is 0.339 e. The Labute approximate surface area is 101 Å². The molecule has 1 atom stereocenters. The Morgan fingerprint density at radius 3 is 2.53 bits per heavy atom. The van der Waals surface area contributed by atoms with E-state index in [0.717, 1.165) is 16.9 Å². The number of ether oxygens (including phenoxy) is 2. The van der Waals surface area contributed by atoms with E-state index < -0.39 is 12.1 Å². The number of carbonyl (C=O) groups excluding carboxylic acids is 1. The van der Waals surface area contributed by atoms with E-state index in [0.29, 0.717) is 5.56 Å². The van der Waals surface area contributed by atoms with Crippen LogP contribution < -0.4 is 4.74 Å². The number of aryl methyl sites for hydroxylation is 2. The molecule has 1 rings (SSSR count). The van der Waals surface area contributed by atoms with Gasteiger partial charge in [-0.1, -0.05) is 0 Å². The van der Waals surface area contributed by atoms with Crippen molar-refractivity contribution in [2.45, 2.75) is 26.9 Å². The standard InChI is InChI=1S/C13H18O4/c1-5-17-13(15)12(14)10-6-9(3)11(16-4)7-8(10)2/h6-7,12,14H,5H2,1-4H3. The van der Waals surface area contributed by atoms with Crippen LogP contribution in [0.1, 0.15) is 29.7 Å². The van der Waals surface area contributed by atoms with Gasteiger partial charge in [0.15, 0.2) is 6.10 Å². The van der Waals surface area contributed by atoms with Gasteiger partial charge in [-0.3, -0.25) is 0 Å². The van der Waals surface area contributed by atoms with E-state index in [4.69, 9.17) is 9.47 Å². The lowest BCUT2D eigenvalue weighted by molar-refractivity contribution is -0.153. The molecule has 17 heavy (non-hydrogen) atoms. The fourth-order valence-electron chi connectivity index (χ4n) is 1.67. The first kappa shape index (κ1) is 13.5. The number of methoxy groups -OCH3 is 1. The van der Waals surface area contributed by atoms with Crippen molar-refractivity contribution in [2.75, 3.05) is 13.7 Å². The van der Waals surface area contributed by atoms with Gasteiger partial charge in [0.1, 0.15) is 5.75 Å². The summed E-state index contributed by atoms with van der Waals surface area (Å²) in [6, 6.07) is 3.54. The first-order chi connectivity index (χ1) is 8.01. The first-order valence-electron chi connectivity index (χ1n) is 5.51. The molecule has 0 aliphatic heterocycles. The molecule has 1 N–H and O–H groups in total. The number of carbonyl (C=O) groups is 1. The minimum atomic E-state index is -1.24. The Morgan fingerprint density at radius 1 is 1.35 bits per heavy atom. The largest absolute Gasteiger partial charge is 0.496 e. The number of esters is 1. The predicted octanol–water partition coefficient (Wildman–Crippen LogP) is 1.91. The normalized spacial score (nSPS) is 12.1. The molecule has 94 valence electrons. The highest BCUT2D eigenvalue weighted by Crippen LogP contribution is 2.27. The van der Waals surface area contributed by atoms with E-state index in [2.05, 4.69) is 0 Å². The van der Waals surface area contributed by atoms with Gasteiger partial charge in [0.05, 0.1) is 13.7 Å². The molecule has 0 bridgehead atoms. The second-order valence-electron chi connectivity index (χ2n) is 3.83. The Hall–Kier alpha value is -1.55. The fourth-order valence-corrected chi connectivity index (χ4v) is 1.67. The molecule has 0 radical (unpaired) electrons. The number of aliphatic hydroxyl groups is 1. The summed E-state index contributed by atoms with van der Waals surface area (Å²) in [5.41, 5.74) is 2.23. The van der Waals surface area contributed by atoms with Crippen LogP contribution in [0.5, 0.6) is 5.75 Å². The number of benzene rings is 1. The minimum absolute atomic E-state index is 0.254. The van der Waals surface area contributed by atoms with Gasteiger partial charge in [-0.05, 0) is 49.6 Å². The zero-order valence-corrected chi connectivity index (χ0v) is 10.6. The molecule has 0 aliphatic carbocycles. The van der Waals surface area contributed by atoms with Crippen molar-refractivity contribution >= 4 is 5.97 Å². The molecule has 0 aliphatic rings. The van der Waals surface area contributed by atoms with Crippen molar-refractivity contribution in [3.05, 3.63) is 28.8 Å². The highest BCUT2D eigenvalue weighted by atomic mass is 16.5. The maximum Gasteiger partial charge on any atom is 0.339 e. The average Bonchev–Trinajstić information content (AvgIpc) is 2.31. The van der Waals surface area contributed by atoms with E-state index in [1.807, 2.05) is 13.8 Å². The van der Waals surface area contributed by atoms with E-state index in [1.54, 1.807) is 26.2 Å². The van der Waals surface area contributed by atoms with E-state index in [9.17, 15) is 9.90 Å². The van der Waals surface area contributed by atoms with Gasteiger partial charge in [-0.15, -0.1) is 0 Å². The third kappa shape index (κ3) is 2.97. The van der Waals surface area contributed by atoms with Gasteiger partial charge in [0, 0.05) is 0 Å². The molecule has 0 saturated heterocycles. The summed E-state index contributed by atoms with van der Waals surface area (Å²) in [6.45, 7) is 5.64. The molecule has 4 nitrogen and oxygen atoms in total. The maximum absolute atomic E-state index is 11.5. The lowest BCUT2D eigenvalue weighted by Gasteiger charge is -2.15. The van der Waals surface area contributed by atoms with E-state index in [1.165, 1.54) is 0 Å². The molecule has 1 unspecified atom stereocenters. The summed E-state index contributed by atoms with van der Waals surface area (Å²) in [6.07, 6.45) is -1.24. The van der Waals surface area contributed by atoms with Crippen molar-refractivity contribution in [3.63, 3.8) is 0 Å². The van der Waals surface area contributed by atoms with Crippen LogP contribution in [0, 0.1) is 13.8 Å². The monoisotopic (exact) mass is 238 g/mol. The van der Waals surface area contributed by atoms with Crippen LogP contribution >= 0.6 is 0 Å². The molecule has 1 aromatic rings. The third-order valence-electron chi connectivity index (χ3n) is 2.59. The van der Waals surface area contributed by atoms with Crippen molar-refractivity contribution in [3.8, 4) is 5.75 Å². The van der Waals surface area contributed by atoms with Crippen LogP contribution in [-0.2, 0) is 9.53 Å². The van der Waals surface area contributed by atoms with Crippen LogP contribution in [0.2, 0.25) is 0 Å². The Bertz CT molecular complexity index is 412. The summed E-state index contributed by atoms with van der Waals surface area (Å²) in [5.74, 6) is 0.113. The molecular formula is C13H18O4. The molecule has 0 heterocycles. The van der Waals surface area contributed by atoms with Gasteiger partial charge in [-0.2, -0.15) is 0 Å². The molecular weight excluding hydrogens is 220 g/mol. The van der Waals surface area contributed by atoms with E-state index >= 15 is 0 Å². The second-order valence-corrected chi connectivity index (χ2v) is 3.83. The number of hydrogen-bond donors (Lipinski definition) is 1. The second kappa shape index (κ2) is 5.68. The molecule has 0 amide bonds. The van der Waals surface area contributed by atoms with Crippen molar-refractivity contribution in [2.24, 2.45) is 0 Å². The topological polar surface area (TPSA) is 55.8 Å². The minimum Gasteiger partial charge on any atom is -0.496 e. The first-order valence-corrected chi connectivity index (χ1v) is 5.51. The van der Waals surface area contributed by atoms with Crippen molar-refractivity contribution in [1.29, 1.82) is 0 Å². The van der Waals surface area contributed by atoms with Crippen molar-refractivity contribution in [1.82, 2.24) is 0 Å². The molecule has 1 aromatic carbocycles. The quantitative estimate of drug-likeness (QED) is 0.814. The Kier molecular flexibility index (Phi) is 4.52. The summed E-state index contributed by atoms with van der Waals surface area (Å²) in [4.78, 5) is 11.5. The van der Waals surface area contributed by atoms with Gasteiger partial charge in [0.2, 0.25) is 0 Å². The zero-order chi connectivity index (χ0) is 13.0. The van der Waals surface area contributed by atoms with Gasteiger partial charge >= 0.3 is 5.97 Å². The Balaban J connectivity index is 3.06. The lowest BCUT2D eigenvalue weighted by Crippen LogP contribution is -2.16. The zero-order valence-electron chi connectivity index (χ0n) is 10.6. The van der Waals surface area contributed by atoms with Gasteiger partial charge in [-0.25, -0.2) is 4.79 Å². The molecule has 0 spiro atoms. The van der Waals surface area contributed by atoms with Crippen LogP contribution in [0.4, 0.5) is 0 Å². The van der Waals surface area contributed by atoms with E-state index in [-0.39, 0.29) is 6.61 Å². The molecule has 4 heteroatoms. The van der Waals surface area contributed by atoms with Crippen molar-refractivity contribution < 1.29 is 19.4 Å². The number of aliphatic hydroxyl groups excluding tert-OH is 1. The Morgan fingerprint density at radius 2 is 2.00 bits per heavy atom. The summed E-state index contributed by atoms with van der Waals surface area (Å²) < 4.78 is 9.96. The predicted molar refractivity (Wildman–Crippen MR) is 64.1 cm³/mol. The lowest BCUT2D eigenvalue weighted by atomic mass is 10.00. The third-order valence-corrected chi connectivity index (χ3v) is 2.59. The average molecular weight is 238 g/mol. The SMILES string of the molecule is CCOC(=O)C(O)c1cc(C)c(OC)cc1C. The molecule has 0 saturated carbocycles. The maximum atomic E-state index is 11.5. The van der Waals surface area contributed by atoms with Gasteiger partial charge < -0.3 is 14.6 Å². The molecule has 0 fully saturated rings. The summed E-state index contributed by atoms with van der Waals surface area (Å²) >= 11 is 0. The van der Waals surface area contributed by atoms with Gasteiger partial charge in [0.25, 0.3) is 0 Å². The fraction of sp³-hybridized carbons (Fsp3) is 0.462. The number of rotatable bonds is 4. The highest BCUT2D eigenvalue weighted by molar-refractivity contribution is 5.77. The van der Waals surface area contributed by atoms with Crippen LogP contribution in [-0.4, -0.2) is 24.8 Å². The molecule has 0 aromatic heterocycles. The highest BCUT2D eigenvalue weighted by Gasteiger charge is 2.21.